The number of hydrogen-bond acceptors (Lipinski definition) is 2. The zero-order valence-corrected chi connectivity index (χ0v) is 8.00. The van der Waals surface area contributed by atoms with Crippen LogP contribution in [-0.2, 0) is 0 Å². The van der Waals surface area contributed by atoms with Crippen molar-refractivity contribution >= 4 is 0 Å². The average molecular weight is 168 g/mol. The van der Waals surface area contributed by atoms with E-state index < -0.39 is 0 Å². The second-order valence-corrected chi connectivity index (χ2v) is 4.45. The standard InChI is InChI=1S/C10H20N2/c1-12-6-2-3-9(7-11)10(12)8-4-5-8/h8-10H,2-7,11H2,1H3/t9-,10-/m0/s1. The predicted molar refractivity (Wildman–Crippen MR) is 50.9 cm³/mol. The first-order chi connectivity index (χ1) is 5.83. The molecule has 0 aromatic carbocycles. The van der Waals surface area contributed by atoms with Crippen molar-refractivity contribution in [2.45, 2.75) is 31.7 Å². The largest absolute Gasteiger partial charge is 0.330 e. The van der Waals surface area contributed by atoms with E-state index in [1.165, 1.54) is 32.2 Å². The van der Waals surface area contributed by atoms with E-state index in [1.54, 1.807) is 0 Å². The van der Waals surface area contributed by atoms with Crippen LogP contribution >= 0.6 is 0 Å². The van der Waals surface area contributed by atoms with Gasteiger partial charge in [0, 0.05) is 6.04 Å². The lowest BCUT2D eigenvalue weighted by Crippen LogP contribution is -2.46. The molecule has 0 radical (unpaired) electrons. The summed E-state index contributed by atoms with van der Waals surface area (Å²) in [6.07, 6.45) is 5.61. The molecule has 0 aromatic heterocycles. The Morgan fingerprint density at radius 3 is 2.67 bits per heavy atom. The minimum Gasteiger partial charge on any atom is -0.330 e. The Bertz CT molecular complexity index is 154. The van der Waals surface area contributed by atoms with Gasteiger partial charge in [0.2, 0.25) is 0 Å². The third-order valence-electron chi connectivity index (χ3n) is 3.49. The zero-order chi connectivity index (χ0) is 8.55. The van der Waals surface area contributed by atoms with Crippen LogP contribution in [0.15, 0.2) is 0 Å². The van der Waals surface area contributed by atoms with Crippen molar-refractivity contribution in [2.24, 2.45) is 17.6 Å². The molecule has 2 aliphatic rings. The first kappa shape index (κ1) is 8.52. The van der Waals surface area contributed by atoms with Gasteiger partial charge in [0.15, 0.2) is 0 Å². The van der Waals surface area contributed by atoms with Crippen LogP contribution < -0.4 is 5.73 Å². The van der Waals surface area contributed by atoms with E-state index in [1.807, 2.05) is 0 Å². The van der Waals surface area contributed by atoms with Gasteiger partial charge in [-0.3, -0.25) is 0 Å². The molecule has 2 N–H and O–H groups in total. The van der Waals surface area contributed by atoms with Crippen molar-refractivity contribution in [1.82, 2.24) is 4.90 Å². The molecule has 1 saturated heterocycles. The van der Waals surface area contributed by atoms with E-state index in [0.29, 0.717) is 0 Å². The second-order valence-electron chi connectivity index (χ2n) is 4.45. The van der Waals surface area contributed by atoms with Crippen molar-refractivity contribution in [2.75, 3.05) is 20.1 Å². The summed E-state index contributed by atoms with van der Waals surface area (Å²) in [6, 6.07) is 0.823. The lowest BCUT2D eigenvalue weighted by molar-refractivity contribution is 0.107. The topological polar surface area (TPSA) is 29.3 Å². The van der Waals surface area contributed by atoms with Crippen LogP contribution in [0, 0.1) is 11.8 Å². The molecule has 1 aliphatic carbocycles. The molecule has 1 aliphatic heterocycles. The molecule has 0 bridgehead atoms. The summed E-state index contributed by atoms with van der Waals surface area (Å²) in [4.78, 5) is 2.54. The smallest absolute Gasteiger partial charge is 0.0161 e. The van der Waals surface area contributed by atoms with Crippen LogP contribution in [0.3, 0.4) is 0 Å². The normalized spacial score (nSPS) is 38.5. The number of nitrogens with two attached hydrogens (primary N) is 1. The number of rotatable bonds is 2. The van der Waals surface area contributed by atoms with Crippen molar-refractivity contribution in [3.63, 3.8) is 0 Å². The van der Waals surface area contributed by atoms with Crippen LogP contribution in [0.4, 0.5) is 0 Å². The van der Waals surface area contributed by atoms with Gasteiger partial charge in [0.25, 0.3) is 0 Å². The number of piperidine rings is 1. The highest BCUT2D eigenvalue weighted by molar-refractivity contribution is 4.94. The van der Waals surface area contributed by atoms with Gasteiger partial charge < -0.3 is 10.6 Å². The number of nitrogens with zero attached hydrogens (tertiary/aromatic N) is 1. The maximum Gasteiger partial charge on any atom is 0.0161 e. The lowest BCUT2D eigenvalue weighted by atomic mass is 9.86. The Labute approximate surface area is 75.1 Å². The number of hydrogen-bond donors (Lipinski definition) is 1. The Kier molecular flexibility index (Phi) is 2.37. The summed E-state index contributed by atoms with van der Waals surface area (Å²) < 4.78 is 0. The molecule has 2 heteroatoms. The fourth-order valence-electron chi connectivity index (χ4n) is 2.72. The summed E-state index contributed by atoms with van der Waals surface area (Å²) in [5.41, 5.74) is 5.79. The average Bonchev–Trinajstić information content (AvgIpc) is 2.87. The van der Waals surface area contributed by atoms with E-state index in [-0.39, 0.29) is 0 Å². The lowest BCUT2D eigenvalue weighted by Gasteiger charge is -2.39. The fraction of sp³-hybridized carbons (Fsp3) is 1.00. The predicted octanol–water partition coefficient (Wildman–Crippen LogP) is 1.07. The van der Waals surface area contributed by atoms with E-state index in [0.717, 1.165) is 24.4 Å². The molecule has 70 valence electrons. The highest BCUT2D eigenvalue weighted by Gasteiger charge is 2.39. The Hall–Kier alpha value is -0.0800. The summed E-state index contributed by atoms with van der Waals surface area (Å²) in [5.74, 6) is 1.78. The highest BCUT2D eigenvalue weighted by Crippen LogP contribution is 2.41. The molecule has 12 heavy (non-hydrogen) atoms. The Morgan fingerprint density at radius 2 is 2.08 bits per heavy atom. The van der Waals surface area contributed by atoms with E-state index in [2.05, 4.69) is 11.9 Å². The molecule has 0 amide bonds. The van der Waals surface area contributed by atoms with Crippen molar-refractivity contribution in [1.29, 1.82) is 0 Å². The summed E-state index contributed by atoms with van der Waals surface area (Å²) in [7, 11) is 2.27. The van der Waals surface area contributed by atoms with E-state index in [4.69, 9.17) is 5.73 Å². The molecule has 1 heterocycles. The van der Waals surface area contributed by atoms with Gasteiger partial charge in [-0.25, -0.2) is 0 Å². The zero-order valence-electron chi connectivity index (χ0n) is 8.00. The minimum atomic E-state index is 0.788. The monoisotopic (exact) mass is 168 g/mol. The van der Waals surface area contributed by atoms with Crippen molar-refractivity contribution in [3.8, 4) is 0 Å². The van der Waals surface area contributed by atoms with Gasteiger partial charge in [-0.2, -0.15) is 0 Å². The SMILES string of the molecule is CN1CCC[C@@H](CN)[C@@H]1C1CC1. The molecule has 0 unspecified atom stereocenters. The molecule has 2 nitrogen and oxygen atoms in total. The molecular weight excluding hydrogens is 148 g/mol. The Balaban J connectivity index is 2.00. The third kappa shape index (κ3) is 1.50. The molecule has 0 aromatic rings. The van der Waals surface area contributed by atoms with Crippen LogP contribution in [-0.4, -0.2) is 31.1 Å². The Morgan fingerprint density at radius 1 is 1.33 bits per heavy atom. The van der Waals surface area contributed by atoms with Gasteiger partial charge in [0.05, 0.1) is 0 Å². The maximum absolute atomic E-state index is 5.79. The van der Waals surface area contributed by atoms with Crippen molar-refractivity contribution < 1.29 is 0 Å². The van der Waals surface area contributed by atoms with Gasteiger partial charge in [0.1, 0.15) is 0 Å². The first-order valence-corrected chi connectivity index (χ1v) is 5.23. The van der Waals surface area contributed by atoms with Crippen molar-refractivity contribution in [3.05, 3.63) is 0 Å². The number of likely N-dealkylation sites (tertiary alicyclic amines) is 1. The molecule has 2 rings (SSSR count). The summed E-state index contributed by atoms with van der Waals surface area (Å²) in [6.45, 7) is 2.18. The summed E-state index contributed by atoms with van der Waals surface area (Å²) in [5, 5.41) is 0. The molecule has 1 saturated carbocycles. The quantitative estimate of drug-likeness (QED) is 0.668. The van der Waals surface area contributed by atoms with Gasteiger partial charge in [-0.05, 0) is 57.7 Å². The molecule has 0 spiro atoms. The first-order valence-electron chi connectivity index (χ1n) is 5.23. The van der Waals surface area contributed by atoms with Gasteiger partial charge >= 0.3 is 0 Å². The van der Waals surface area contributed by atoms with Crippen LogP contribution in [0.2, 0.25) is 0 Å². The van der Waals surface area contributed by atoms with Gasteiger partial charge in [-0.15, -0.1) is 0 Å². The second kappa shape index (κ2) is 3.35. The maximum atomic E-state index is 5.79. The minimum absolute atomic E-state index is 0.788. The van der Waals surface area contributed by atoms with E-state index >= 15 is 0 Å². The van der Waals surface area contributed by atoms with Crippen LogP contribution in [0.5, 0.6) is 0 Å². The molecule has 2 atom stereocenters. The molecular formula is C10H20N2. The van der Waals surface area contributed by atoms with Gasteiger partial charge in [-0.1, -0.05) is 0 Å². The van der Waals surface area contributed by atoms with Crippen LogP contribution in [0.25, 0.3) is 0 Å². The summed E-state index contributed by atoms with van der Waals surface area (Å²) >= 11 is 0. The van der Waals surface area contributed by atoms with Crippen LogP contribution in [0.1, 0.15) is 25.7 Å². The third-order valence-corrected chi connectivity index (χ3v) is 3.49. The molecule has 2 fully saturated rings. The fourth-order valence-corrected chi connectivity index (χ4v) is 2.72. The van der Waals surface area contributed by atoms with E-state index in [9.17, 15) is 0 Å². The highest BCUT2D eigenvalue weighted by atomic mass is 15.1.